The van der Waals surface area contributed by atoms with Gasteiger partial charge in [0.1, 0.15) is 17.1 Å². The molecule has 0 spiro atoms. The summed E-state index contributed by atoms with van der Waals surface area (Å²) in [7, 11) is 5.62. The topological polar surface area (TPSA) is 68.6 Å². The molecule has 0 saturated carbocycles. The molecule has 2 heterocycles. The van der Waals surface area contributed by atoms with E-state index in [9.17, 15) is 9.18 Å². The van der Waals surface area contributed by atoms with Crippen LogP contribution in [0, 0.1) is 5.82 Å². The monoisotopic (exact) mass is 438 g/mol. The van der Waals surface area contributed by atoms with Crippen molar-refractivity contribution in [2.24, 2.45) is 7.05 Å². The maximum Gasteiger partial charge on any atom is 0.257 e. The maximum absolute atomic E-state index is 14.8. The second-order valence-electron chi connectivity index (χ2n) is 8.92. The van der Waals surface area contributed by atoms with E-state index in [2.05, 4.69) is 10.4 Å². The minimum atomic E-state index is -0.459. The van der Waals surface area contributed by atoms with Gasteiger partial charge in [-0.2, -0.15) is 5.10 Å². The van der Waals surface area contributed by atoms with Crippen LogP contribution in [0.25, 0.3) is 0 Å². The second kappa shape index (κ2) is 8.27. The average molecular weight is 439 g/mol. The molecule has 0 atom stereocenters. The Morgan fingerprint density at radius 3 is 2.69 bits per heavy atom. The maximum atomic E-state index is 14.8. The molecule has 0 fully saturated rings. The van der Waals surface area contributed by atoms with Crippen molar-refractivity contribution in [2.45, 2.75) is 32.4 Å². The molecule has 168 valence electrons. The molecule has 1 amide bonds. The van der Waals surface area contributed by atoms with Crippen molar-refractivity contribution in [1.82, 2.24) is 14.7 Å². The van der Waals surface area contributed by atoms with Crippen molar-refractivity contribution in [3.8, 4) is 17.2 Å². The van der Waals surface area contributed by atoms with Crippen LogP contribution in [-0.2, 0) is 20.0 Å². The molecule has 7 nitrogen and oxygen atoms in total. The zero-order chi connectivity index (χ0) is 23.0. The van der Waals surface area contributed by atoms with Crippen LogP contribution >= 0.6 is 0 Å². The number of amides is 1. The van der Waals surface area contributed by atoms with E-state index in [0.29, 0.717) is 35.8 Å². The first-order valence-corrected chi connectivity index (χ1v) is 10.4. The van der Waals surface area contributed by atoms with Gasteiger partial charge in [-0.25, -0.2) is 4.39 Å². The number of fused-ring (bicyclic) bond motifs is 1. The quantitative estimate of drug-likeness (QED) is 0.619. The van der Waals surface area contributed by atoms with Gasteiger partial charge in [0.15, 0.2) is 17.4 Å². The number of aromatic nitrogens is 2. The van der Waals surface area contributed by atoms with E-state index in [1.807, 2.05) is 38.9 Å². The summed E-state index contributed by atoms with van der Waals surface area (Å²) < 4.78 is 28.4. The molecule has 32 heavy (non-hydrogen) atoms. The highest BCUT2D eigenvalue weighted by molar-refractivity contribution is 6.04. The molecule has 4 rings (SSSR count). The molecular weight excluding hydrogens is 411 g/mol. The summed E-state index contributed by atoms with van der Waals surface area (Å²) in [5.74, 6) is 0.679. The van der Waals surface area contributed by atoms with Gasteiger partial charge in [-0.3, -0.25) is 9.48 Å². The lowest BCUT2D eigenvalue weighted by Crippen LogP contribution is -2.24. The van der Waals surface area contributed by atoms with Gasteiger partial charge in [-0.1, -0.05) is 6.07 Å². The molecule has 0 bridgehead atoms. The van der Waals surface area contributed by atoms with Gasteiger partial charge in [-0.15, -0.1) is 0 Å². The molecule has 0 radical (unpaired) electrons. The van der Waals surface area contributed by atoms with Crippen LogP contribution in [0.3, 0.4) is 0 Å². The van der Waals surface area contributed by atoms with Crippen molar-refractivity contribution in [2.75, 3.05) is 19.4 Å². The number of nitrogens with one attached hydrogen (secondary N) is 1. The number of aryl methyl sites for hydroxylation is 1. The van der Waals surface area contributed by atoms with Crippen molar-refractivity contribution >= 4 is 11.7 Å². The van der Waals surface area contributed by atoms with Crippen LogP contribution in [0.2, 0.25) is 0 Å². The minimum absolute atomic E-state index is 0.0988. The highest BCUT2D eigenvalue weighted by Gasteiger charge is 2.34. The lowest BCUT2D eigenvalue weighted by atomic mass is 9.99. The van der Waals surface area contributed by atoms with Crippen LogP contribution in [0.1, 0.15) is 35.3 Å². The molecule has 2 aromatic carbocycles. The van der Waals surface area contributed by atoms with Gasteiger partial charge in [0.05, 0.1) is 0 Å². The van der Waals surface area contributed by atoms with Crippen LogP contribution in [0.4, 0.5) is 10.2 Å². The summed E-state index contributed by atoms with van der Waals surface area (Å²) in [6, 6.07) is 9.92. The third kappa shape index (κ3) is 4.75. The first-order chi connectivity index (χ1) is 15.1. The molecule has 1 aliphatic heterocycles. The lowest BCUT2D eigenvalue weighted by molar-refractivity contribution is 0.102. The first kappa shape index (κ1) is 21.8. The third-order valence-electron chi connectivity index (χ3n) is 5.09. The second-order valence-corrected chi connectivity index (χ2v) is 8.92. The molecule has 3 aromatic rings. The minimum Gasteiger partial charge on any atom is -0.487 e. The smallest absolute Gasteiger partial charge is 0.257 e. The predicted molar refractivity (Wildman–Crippen MR) is 120 cm³/mol. The van der Waals surface area contributed by atoms with E-state index in [-0.39, 0.29) is 11.7 Å². The Kier molecular flexibility index (Phi) is 5.64. The summed E-state index contributed by atoms with van der Waals surface area (Å²) in [6.07, 6.45) is 2.32. The molecule has 0 unspecified atom stereocenters. The summed E-state index contributed by atoms with van der Waals surface area (Å²) in [5, 5.41) is 6.93. The number of ether oxygens (including phenoxy) is 2. The van der Waals surface area contributed by atoms with E-state index in [4.69, 9.17) is 9.47 Å². The standard InChI is InChI=1S/C24H27FN4O3/c1-24(2)13-17-20(31-19-7-6-15(10-18(19)25)14-28(3)4)11-16(12-21(17)32-24)23(30)26-22-8-9-29(5)27-22/h6-12H,13-14H2,1-5H3,(H,26,27,30). The molecular formula is C24H27FN4O3. The zero-order valence-corrected chi connectivity index (χ0v) is 18.9. The zero-order valence-electron chi connectivity index (χ0n) is 18.9. The van der Waals surface area contributed by atoms with Crippen molar-refractivity contribution in [1.29, 1.82) is 0 Å². The molecule has 8 heteroatoms. The van der Waals surface area contributed by atoms with Gasteiger partial charge >= 0.3 is 0 Å². The Labute approximate surface area is 186 Å². The summed E-state index contributed by atoms with van der Waals surface area (Å²) in [4.78, 5) is 14.8. The number of halogens is 1. The Morgan fingerprint density at radius 1 is 1.25 bits per heavy atom. The summed E-state index contributed by atoms with van der Waals surface area (Å²) in [6.45, 7) is 4.54. The highest BCUT2D eigenvalue weighted by Crippen LogP contribution is 2.43. The van der Waals surface area contributed by atoms with Gasteiger partial charge in [0.25, 0.3) is 5.91 Å². The molecule has 0 saturated heterocycles. The molecule has 1 N–H and O–H groups in total. The third-order valence-corrected chi connectivity index (χ3v) is 5.09. The number of hydrogen-bond acceptors (Lipinski definition) is 5. The van der Waals surface area contributed by atoms with Gasteiger partial charge < -0.3 is 19.7 Å². The Balaban J connectivity index is 1.66. The average Bonchev–Trinajstić information content (AvgIpc) is 3.24. The van der Waals surface area contributed by atoms with Crippen molar-refractivity contribution in [3.63, 3.8) is 0 Å². The number of rotatable bonds is 6. The van der Waals surface area contributed by atoms with Crippen LogP contribution < -0.4 is 14.8 Å². The number of benzene rings is 2. The fourth-order valence-corrected chi connectivity index (χ4v) is 3.75. The number of hydrogen-bond donors (Lipinski definition) is 1. The fraction of sp³-hybridized carbons (Fsp3) is 0.333. The fourth-order valence-electron chi connectivity index (χ4n) is 3.75. The molecule has 0 aliphatic carbocycles. The molecule has 1 aromatic heterocycles. The largest absolute Gasteiger partial charge is 0.487 e. The SMILES string of the molecule is CN(C)Cc1ccc(Oc2cc(C(=O)Nc3ccn(C)n3)cc3c2CC(C)(C)O3)c(F)c1. The van der Waals surface area contributed by atoms with Crippen molar-refractivity contribution in [3.05, 3.63) is 65.1 Å². The van der Waals surface area contributed by atoms with Crippen LogP contribution in [0.5, 0.6) is 17.2 Å². The Hall–Kier alpha value is -3.39. The first-order valence-electron chi connectivity index (χ1n) is 10.4. The number of carbonyl (C=O) groups is 1. The van der Waals surface area contributed by atoms with E-state index in [1.165, 1.54) is 6.07 Å². The number of anilines is 1. The Bertz CT molecular complexity index is 1170. The van der Waals surface area contributed by atoms with E-state index < -0.39 is 11.4 Å². The highest BCUT2D eigenvalue weighted by atomic mass is 19.1. The summed E-state index contributed by atoms with van der Waals surface area (Å²) in [5.41, 5.74) is 1.54. The van der Waals surface area contributed by atoms with Crippen LogP contribution in [-0.4, -0.2) is 40.3 Å². The number of nitrogens with zero attached hydrogens (tertiary/aromatic N) is 3. The van der Waals surface area contributed by atoms with Gasteiger partial charge in [0.2, 0.25) is 0 Å². The van der Waals surface area contributed by atoms with Gasteiger partial charge in [-0.05, 0) is 57.8 Å². The predicted octanol–water partition coefficient (Wildman–Crippen LogP) is 4.38. The number of carbonyl (C=O) groups excluding carboxylic acids is 1. The van der Waals surface area contributed by atoms with E-state index in [1.54, 1.807) is 42.2 Å². The van der Waals surface area contributed by atoms with Gasteiger partial charge in [0, 0.05) is 43.4 Å². The summed E-state index contributed by atoms with van der Waals surface area (Å²) >= 11 is 0. The molecule has 1 aliphatic rings. The van der Waals surface area contributed by atoms with Crippen molar-refractivity contribution < 1.29 is 18.7 Å². The lowest BCUT2D eigenvalue weighted by Gasteiger charge is -2.16. The normalized spacial score (nSPS) is 14.2. The van der Waals surface area contributed by atoms with Crippen LogP contribution in [0.15, 0.2) is 42.6 Å². The Morgan fingerprint density at radius 2 is 2.03 bits per heavy atom. The van der Waals surface area contributed by atoms with E-state index >= 15 is 0 Å². The van der Waals surface area contributed by atoms with E-state index in [0.717, 1.165) is 11.1 Å².